The van der Waals surface area contributed by atoms with Crippen LogP contribution in [-0.4, -0.2) is 39.8 Å². The number of Topliss-reactive ketones (excluding diaryl/α,β-unsaturated/α-hetero) is 1. The maximum absolute atomic E-state index is 13.2. The largest absolute Gasteiger partial charge is 0.507 e. The Balaban J connectivity index is 1.96. The summed E-state index contributed by atoms with van der Waals surface area (Å²) in [4.78, 5) is 47.9. The minimum Gasteiger partial charge on any atom is -0.507 e. The fourth-order valence-electron chi connectivity index (χ4n) is 3.46. The van der Waals surface area contributed by atoms with Crippen LogP contribution < -0.4 is 4.90 Å². The van der Waals surface area contributed by atoms with Crippen LogP contribution in [0.3, 0.4) is 0 Å². The van der Waals surface area contributed by atoms with E-state index in [2.05, 4.69) is 9.97 Å². The number of ether oxygens (including phenoxy) is 1. The van der Waals surface area contributed by atoms with Crippen LogP contribution in [-0.2, 0) is 14.3 Å². The number of anilines is 1. The van der Waals surface area contributed by atoms with E-state index in [9.17, 15) is 19.5 Å². The summed E-state index contributed by atoms with van der Waals surface area (Å²) in [6.45, 7) is 1.59. The van der Waals surface area contributed by atoms with Crippen LogP contribution >= 0.6 is 34.5 Å². The Morgan fingerprint density at radius 1 is 1.15 bits per heavy atom. The van der Waals surface area contributed by atoms with E-state index in [4.69, 9.17) is 27.9 Å². The number of carbonyl (C=O) groups is 3. The van der Waals surface area contributed by atoms with Crippen LogP contribution in [0, 0.1) is 6.92 Å². The van der Waals surface area contributed by atoms with Gasteiger partial charge in [-0.05, 0) is 36.8 Å². The van der Waals surface area contributed by atoms with Gasteiger partial charge < -0.3 is 9.84 Å². The van der Waals surface area contributed by atoms with Gasteiger partial charge in [0.15, 0.2) is 5.13 Å². The van der Waals surface area contributed by atoms with Crippen molar-refractivity contribution in [3.8, 4) is 0 Å². The number of benzene rings is 1. The molecule has 1 amide bonds. The summed E-state index contributed by atoms with van der Waals surface area (Å²) in [5.41, 5.74) is 0.910. The Hall–Kier alpha value is -3.27. The van der Waals surface area contributed by atoms with Crippen molar-refractivity contribution in [2.24, 2.45) is 0 Å². The number of ketones is 1. The SMILES string of the molecule is COC(=O)c1sc(N2C(=O)C(=O)C(=C(O)c3ccncc3)C2c2ccc(Cl)c(Cl)c2)nc1C. The fraction of sp³-hybridized carbons (Fsp3) is 0.136. The van der Waals surface area contributed by atoms with Gasteiger partial charge >= 0.3 is 11.9 Å². The molecular formula is C22H15Cl2N3O5S. The number of pyridine rings is 1. The Morgan fingerprint density at radius 3 is 2.48 bits per heavy atom. The van der Waals surface area contributed by atoms with Crippen LogP contribution in [0.25, 0.3) is 5.76 Å². The van der Waals surface area contributed by atoms with Crippen LogP contribution in [0.15, 0.2) is 48.3 Å². The molecule has 8 nitrogen and oxygen atoms in total. The van der Waals surface area contributed by atoms with E-state index in [0.717, 1.165) is 16.2 Å². The summed E-state index contributed by atoms with van der Waals surface area (Å²) in [6.07, 6.45) is 2.90. The lowest BCUT2D eigenvalue weighted by Crippen LogP contribution is -2.29. The molecule has 168 valence electrons. The summed E-state index contributed by atoms with van der Waals surface area (Å²) in [5.74, 6) is -2.81. The van der Waals surface area contributed by atoms with E-state index in [-0.39, 0.29) is 31.4 Å². The van der Waals surface area contributed by atoms with Crippen LogP contribution in [0.4, 0.5) is 5.13 Å². The molecule has 3 heterocycles. The van der Waals surface area contributed by atoms with Crippen molar-refractivity contribution < 1.29 is 24.2 Å². The summed E-state index contributed by atoms with van der Waals surface area (Å²) in [7, 11) is 1.23. The highest BCUT2D eigenvalue weighted by Gasteiger charge is 2.48. The number of hydrogen-bond donors (Lipinski definition) is 1. The number of aliphatic hydroxyl groups is 1. The average molecular weight is 504 g/mol. The third kappa shape index (κ3) is 3.99. The summed E-state index contributed by atoms with van der Waals surface area (Å²) in [6, 6.07) is 6.59. The third-order valence-electron chi connectivity index (χ3n) is 5.02. The standard InChI is InChI=1S/C22H15Cl2N3O5S/c1-10-19(21(31)32-2)33-22(26-10)27-16(12-3-4-13(23)14(24)9-12)15(18(29)20(27)30)17(28)11-5-7-25-8-6-11/h3-9,16,28H,1-2H3. The molecule has 2 aromatic heterocycles. The molecule has 1 aliphatic rings. The number of aromatic nitrogens is 2. The van der Waals surface area contributed by atoms with Crippen LogP contribution in [0.2, 0.25) is 10.0 Å². The van der Waals surface area contributed by atoms with E-state index in [0.29, 0.717) is 16.8 Å². The Morgan fingerprint density at radius 2 is 1.85 bits per heavy atom. The highest BCUT2D eigenvalue weighted by molar-refractivity contribution is 7.17. The first-order chi connectivity index (χ1) is 15.7. The molecule has 11 heteroatoms. The van der Waals surface area contributed by atoms with Gasteiger partial charge in [0.05, 0.1) is 34.5 Å². The maximum atomic E-state index is 13.2. The van der Waals surface area contributed by atoms with E-state index >= 15 is 0 Å². The monoisotopic (exact) mass is 503 g/mol. The number of aliphatic hydroxyl groups excluding tert-OH is 1. The molecule has 1 unspecified atom stereocenters. The molecular weight excluding hydrogens is 489 g/mol. The van der Waals surface area contributed by atoms with Gasteiger partial charge in [0.2, 0.25) is 0 Å². The molecule has 4 rings (SSSR count). The minimum atomic E-state index is -1.07. The molecule has 0 radical (unpaired) electrons. The van der Waals surface area contributed by atoms with E-state index in [1.165, 1.54) is 43.8 Å². The van der Waals surface area contributed by atoms with Crippen molar-refractivity contribution in [2.75, 3.05) is 12.0 Å². The van der Waals surface area contributed by atoms with Crippen molar-refractivity contribution in [1.29, 1.82) is 0 Å². The molecule has 1 N–H and O–H groups in total. The lowest BCUT2D eigenvalue weighted by Gasteiger charge is -2.23. The summed E-state index contributed by atoms with van der Waals surface area (Å²) in [5, 5.41) is 11.6. The molecule has 3 aromatic rings. The first-order valence-electron chi connectivity index (χ1n) is 9.46. The van der Waals surface area contributed by atoms with Gasteiger partial charge in [-0.2, -0.15) is 0 Å². The Labute approximate surface area is 202 Å². The summed E-state index contributed by atoms with van der Waals surface area (Å²) >= 11 is 13.2. The molecule has 0 aliphatic carbocycles. The molecule has 1 fully saturated rings. The average Bonchev–Trinajstić information content (AvgIpc) is 3.32. The zero-order valence-electron chi connectivity index (χ0n) is 17.2. The minimum absolute atomic E-state index is 0.0971. The fourth-order valence-corrected chi connectivity index (χ4v) is 4.78. The lowest BCUT2D eigenvalue weighted by atomic mass is 9.95. The van der Waals surface area contributed by atoms with E-state index in [1.54, 1.807) is 13.0 Å². The normalized spacial score (nSPS) is 17.5. The maximum Gasteiger partial charge on any atom is 0.350 e. The number of hydrogen-bond acceptors (Lipinski definition) is 8. The van der Waals surface area contributed by atoms with Crippen molar-refractivity contribution in [1.82, 2.24) is 9.97 Å². The smallest absolute Gasteiger partial charge is 0.350 e. The van der Waals surface area contributed by atoms with Gasteiger partial charge in [-0.15, -0.1) is 0 Å². The molecule has 1 atom stereocenters. The lowest BCUT2D eigenvalue weighted by molar-refractivity contribution is -0.132. The van der Waals surface area contributed by atoms with Gasteiger partial charge in [0.25, 0.3) is 5.78 Å². The van der Waals surface area contributed by atoms with Crippen molar-refractivity contribution >= 4 is 63.1 Å². The van der Waals surface area contributed by atoms with Gasteiger partial charge in [-0.1, -0.05) is 40.6 Å². The number of aryl methyl sites for hydroxylation is 1. The van der Waals surface area contributed by atoms with E-state index in [1.807, 2.05) is 0 Å². The number of halogens is 2. The second-order valence-corrected chi connectivity index (χ2v) is 8.77. The third-order valence-corrected chi connectivity index (χ3v) is 6.90. The zero-order valence-corrected chi connectivity index (χ0v) is 19.5. The number of rotatable bonds is 4. The predicted molar refractivity (Wildman–Crippen MR) is 124 cm³/mol. The molecule has 33 heavy (non-hydrogen) atoms. The van der Waals surface area contributed by atoms with Crippen LogP contribution in [0.5, 0.6) is 0 Å². The zero-order chi connectivity index (χ0) is 23.9. The molecule has 1 saturated heterocycles. The second-order valence-electron chi connectivity index (χ2n) is 6.98. The first-order valence-corrected chi connectivity index (χ1v) is 11.0. The Kier molecular flexibility index (Phi) is 6.20. The topological polar surface area (TPSA) is 110 Å². The number of esters is 1. The van der Waals surface area contributed by atoms with Gasteiger partial charge in [-0.25, -0.2) is 9.78 Å². The highest BCUT2D eigenvalue weighted by Crippen LogP contribution is 2.44. The number of thiazole rings is 1. The number of nitrogens with zero attached hydrogens (tertiary/aromatic N) is 3. The van der Waals surface area contributed by atoms with Crippen molar-refractivity contribution in [3.05, 3.63) is 80.0 Å². The van der Waals surface area contributed by atoms with Gasteiger partial charge in [0.1, 0.15) is 10.6 Å². The molecule has 0 spiro atoms. The molecule has 0 saturated carbocycles. The highest BCUT2D eigenvalue weighted by atomic mass is 35.5. The Bertz CT molecular complexity index is 1320. The predicted octanol–water partition coefficient (Wildman–Crippen LogP) is 4.57. The quantitative estimate of drug-likeness (QED) is 0.240. The van der Waals surface area contributed by atoms with E-state index < -0.39 is 23.7 Å². The summed E-state index contributed by atoms with van der Waals surface area (Å²) < 4.78 is 4.77. The number of carbonyl (C=O) groups excluding carboxylic acids is 3. The molecule has 0 bridgehead atoms. The van der Waals surface area contributed by atoms with Crippen LogP contribution in [0.1, 0.15) is 32.5 Å². The molecule has 1 aromatic carbocycles. The van der Waals surface area contributed by atoms with Crippen molar-refractivity contribution in [2.45, 2.75) is 13.0 Å². The van der Waals surface area contributed by atoms with Gasteiger partial charge in [0, 0.05) is 18.0 Å². The number of amides is 1. The molecule has 1 aliphatic heterocycles. The number of methoxy groups -OCH3 is 1. The first kappa shape index (κ1) is 22.9. The van der Waals surface area contributed by atoms with Gasteiger partial charge in [-0.3, -0.25) is 19.5 Å². The second kappa shape index (κ2) is 8.93. The van der Waals surface area contributed by atoms with Crippen molar-refractivity contribution in [3.63, 3.8) is 0 Å².